The van der Waals surface area contributed by atoms with Gasteiger partial charge in [0.15, 0.2) is 0 Å². The van der Waals surface area contributed by atoms with E-state index in [1.54, 1.807) is 0 Å². The monoisotopic (exact) mass is 305 g/mol. The van der Waals surface area contributed by atoms with Crippen LogP contribution in [0.1, 0.15) is 30.5 Å². The van der Waals surface area contributed by atoms with Gasteiger partial charge in [0.2, 0.25) is 0 Å². The van der Waals surface area contributed by atoms with Gasteiger partial charge in [-0.2, -0.15) is 0 Å². The molecule has 0 bridgehead atoms. The lowest BCUT2D eigenvalue weighted by Gasteiger charge is -2.13. The summed E-state index contributed by atoms with van der Waals surface area (Å²) in [5.74, 6) is 0. The Bertz CT molecular complexity index is 637. The van der Waals surface area contributed by atoms with Crippen LogP contribution in [-0.4, -0.2) is 6.54 Å². The molecule has 1 unspecified atom stereocenters. The zero-order valence-corrected chi connectivity index (χ0v) is 12.9. The lowest BCUT2D eigenvalue weighted by Crippen LogP contribution is -2.18. The second kappa shape index (κ2) is 5.77. The third-order valence-corrected chi connectivity index (χ3v) is 4.75. The summed E-state index contributed by atoms with van der Waals surface area (Å²) in [6.07, 6.45) is 2.30. The minimum Gasteiger partial charge on any atom is -0.310 e. The van der Waals surface area contributed by atoms with Gasteiger partial charge in [0.1, 0.15) is 0 Å². The maximum atomic E-state index is 6.31. The summed E-state index contributed by atoms with van der Waals surface area (Å²) in [7, 11) is 0. The Hall–Kier alpha value is -1.02. The molecular formula is C17H17Cl2N. The quantitative estimate of drug-likeness (QED) is 0.816. The number of hydrogen-bond donors (Lipinski definition) is 1. The highest BCUT2D eigenvalue weighted by atomic mass is 35.5. The average Bonchev–Trinajstić information content (AvgIpc) is 2.85. The molecule has 104 valence electrons. The molecule has 3 rings (SSSR count). The number of benzene rings is 2. The first-order valence-corrected chi connectivity index (χ1v) is 7.77. The zero-order valence-electron chi connectivity index (χ0n) is 11.4. The van der Waals surface area contributed by atoms with E-state index >= 15 is 0 Å². The second-order valence-corrected chi connectivity index (χ2v) is 5.95. The smallest absolute Gasteiger partial charge is 0.0670 e. The fourth-order valence-corrected chi connectivity index (χ4v) is 3.38. The molecule has 0 radical (unpaired) electrons. The van der Waals surface area contributed by atoms with Gasteiger partial charge in [-0.05, 0) is 42.1 Å². The van der Waals surface area contributed by atoms with Crippen molar-refractivity contribution in [2.75, 3.05) is 6.54 Å². The van der Waals surface area contributed by atoms with Gasteiger partial charge in [-0.1, -0.05) is 60.5 Å². The number of nitrogens with one attached hydrogen (secondary N) is 1. The summed E-state index contributed by atoms with van der Waals surface area (Å²) < 4.78 is 0. The highest BCUT2D eigenvalue weighted by Crippen LogP contribution is 2.37. The Morgan fingerprint density at radius 2 is 2.05 bits per heavy atom. The van der Waals surface area contributed by atoms with Crippen LogP contribution in [-0.2, 0) is 6.42 Å². The van der Waals surface area contributed by atoms with Crippen molar-refractivity contribution in [1.29, 1.82) is 0 Å². The Balaban J connectivity index is 2.00. The predicted octanol–water partition coefficient (Wildman–Crippen LogP) is 5.26. The molecule has 0 fully saturated rings. The normalized spacial score (nSPS) is 17.2. The molecule has 0 saturated heterocycles. The Morgan fingerprint density at radius 3 is 2.85 bits per heavy atom. The van der Waals surface area contributed by atoms with Gasteiger partial charge >= 0.3 is 0 Å². The van der Waals surface area contributed by atoms with Crippen molar-refractivity contribution in [1.82, 2.24) is 5.32 Å². The van der Waals surface area contributed by atoms with Crippen LogP contribution in [0, 0.1) is 0 Å². The molecule has 0 heterocycles. The Kier molecular flexibility index (Phi) is 4.02. The Labute approximate surface area is 129 Å². The van der Waals surface area contributed by atoms with E-state index in [-0.39, 0.29) is 0 Å². The van der Waals surface area contributed by atoms with Gasteiger partial charge in [0.25, 0.3) is 0 Å². The van der Waals surface area contributed by atoms with Crippen molar-refractivity contribution in [3.8, 4) is 11.1 Å². The van der Waals surface area contributed by atoms with Gasteiger partial charge in [-0.3, -0.25) is 0 Å². The molecule has 0 spiro atoms. The lowest BCUT2D eigenvalue weighted by molar-refractivity contribution is 0.549. The fourth-order valence-electron chi connectivity index (χ4n) is 2.97. The molecule has 1 aliphatic rings. The average molecular weight is 306 g/mol. The van der Waals surface area contributed by atoms with Crippen LogP contribution in [0.4, 0.5) is 0 Å². The van der Waals surface area contributed by atoms with Crippen molar-refractivity contribution < 1.29 is 0 Å². The van der Waals surface area contributed by atoms with Crippen molar-refractivity contribution in [2.24, 2.45) is 0 Å². The maximum Gasteiger partial charge on any atom is 0.0670 e. The molecule has 0 aromatic heterocycles. The highest BCUT2D eigenvalue weighted by molar-refractivity contribution is 6.43. The molecule has 1 nitrogen and oxygen atoms in total. The van der Waals surface area contributed by atoms with Gasteiger partial charge < -0.3 is 5.32 Å². The molecular weight excluding hydrogens is 289 g/mol. The molecule has 0 saturated carbocycles. The molecule has 1 atom stereocenters. The minimum absolute atomic E-state index is 0.499. The number of hydrogen-bond acceptors (Lipinski definition) is 1. The first kappa shape index (κ1) is 13.9. The molecule has 1 aliphatic carbocycles. The van der Waals surface area contributed by atoms with Crippen LogP contribution in [0.5, 0.6) is 0 Å². The third kappa shape index (κ3) is 2.46. The summed E-state index contributed by atoms with van der Waals surface area (Å²) in [6, 6.07) is 12.9. The van der Waals surface area contributed by atoms with E-state index in [9.17, 15) is 0 Å². The topological polar surface area (TPSA) is 12.0 Å². The molecule has 3 heteroatoms. The second-order valence-electron chi connectivity index (χ2n) is 5.16. The minimum atomic E-state index is 0.499. The van der Waals surface area contributed by atoms with E-state index in [4.69, 9.17) is 23.2 Å². The van der Waals surface area contributed by atoms with E-state index in [1.807, 2.05) is 18.2 Å². The van der Waals surface area contributed by atoms with Crippen molar-refractivity contribution in [3.63, 3.8) is 0 Å². The summed E-state index contributed by atoms with van der Waals surface area (Å²) in [5, 5.41) is 4.77. The number of rotatable bonds is 3. The van der Waals surface area contributed by atoms with Crippen LogP contribution < -0.4 is 5.32 Å². The van der Waals surface area contributed by atoms with Crippen LogP contribution in [0.25, 0.3) is 11.1 Å². The molecule has 2 aromatic carbocycles. The standard InChI is InChI=1S/C17H17Cl2N/c1-2-20-16-9-7-11-10-12(6-8-13(11)16)14-4-3-5-15(18)17(14)19/h3-6,8,10,16,20H,2,7,9H2,1H3. The molecule has 20 heavy (non-hydrogen) atoms. The van der Waals surface area contributed by atoms with Gasteiger partial charge in [0, 0.05) is 11.6 Å². The van der Waals surface area contributed by atoms with E-state index in [2.05, 4.69) is 30.4 Å². The van der Waals surface area contributed by atoms with Crippen molar-refractivity contribution in [3.05, 3.63) is 57.6 Å². The van der Waals surface area contributed by atoms with Crippen molar-refractivity contribution >= 4 is 23.2 Å². The van der Waals surface area contributed by atoms with E-state index in [0.717, 1.165) is 24.1 Å². The van der Waals surface area contributed by atoms with Gasteiger partial charge in [-0.15, -0.1) is 0 Å². The summed E-state index contributed by atoms with van der Waals surface area (Å²) >= 11 is 12.4. The number of aryl methyl sites for hydroxylation is 1. The summed E-state index contributed by atoms with van der Waals surface area (Å²) in [5.41, 5.74) is 5.00. The largest absolute Gasteiger partial charge is 0.310 e. The molecule has 0 amide bonds. The highest BCUT2D eigenvalue weighted by Gasteiger charge is 2.22. The predicted molar refractivity (Wildman–Crippen MR) is 86.6 cm³/mol. The molecule has 2 aromatic rings. The van der Waals surface area contributed by atoms with Crippen molar-refractivity contribution in [2.45, 2.75) is 25.8 Å². The number of fused-ring (bicyclic) bond motifs is 1. The fraction of sp³-hybridized carbons (Fsp3) is 0.294. The third-order valence-electron chi connectivity index (χ3n) is 3.93. The SMILES string of the molecule is CCNC1CCc2cc(-c3cccc(Cl)c3Cl)ccc21. The van der Waals surface area contributed by atoms with Crippen LogP contribution in [0.15, 0.2) is 36.4 Å². The van der Waals surface area contributed by atoms with Crippen LogP contribution in [0.2, 0.25) is 10.0 Å². The number of halogens is 2. The zero-order chi connectivity index (χ0) is 14.1. The van der Waals surface area contributed by atoms with E-state index < -0.39 is 0 Å². The van der Waals surface area contributed by atoms with E-state index in [1.165, 1.54) is 17.5 Å². The van der Waals surface area contributed by atoms with E-state index in [0.29, 0.717) is 16.1 Å². The first-order valence-electron chi connectivity index (χ1n) is 7.01. The molecule has 0 aliphatic heterocycles. The van der Waals surface area contributed by atoms with Gasteiger partial charge in [0.05, 0.1) is 10.0 Å². The summed E-state index contributed by atoms with van der Waals surface area (Å²) in [6.45, 7) is 3.16. The lowest BCUT2D eigenvalue weighted by atomic mass is 9.99. The first-order chi connectivity index (χ1) is 9.70. The Morgan fingerprint density at radius 1 is 1.20 bits per heavy atom. The summed E-state index contributed by atoms with van der Waals surface area (Å²) in [4.78, 5) is 0. The van der Waals surface area contributed by atoms with Gasteiger partial charge in [-0.25, -0.2) is 0 Å². The van der Waals surface area contributed by atoms with Crippen LogP contribution >= 0.6 is 23.2 Å². The maximum absolute atomic E-state index is 6.31. The molecule has 1 N–H and O–H groups in total. The van der Waals surface area contributed by atoms with Crippen LogP contribution in [0.3, 0.4) is 0 Å².